The van der Waals surface area contributed by atoms with Crippen molar-refractivity contribution in [2.75, 3.05) is 24.2 Å². The van der Waals surface area contributed by atoms with E-state index in [-0.39, 0.29) is 24.9 Å². The Morgan fingerprint density at radius 2 is 1.66 bits per heavy atom. The largest absolute Gasteiger partial charge is 0.497 e. The molecular weight excluding hydrogens is 562 g/mol. The maximum atomic E-state index is 14.2. The highest BCUT2D eigenvalue weighted by Gasteiger charge is 2.34. The summed E-state index contributed by atoms with van der Waals surface area (Å²) in [6, 6.07) is 20.5. The fraction of sp³-hybridized carbons (Fsp3) is 0.355. The van der Waals surface area contributed by atoms with Gasteiger partial charge in [-0.05, 0) is 61.2 Å². The summed E-state index contributed by atoms with van der Waals surface area (Å²) < 4.78 is 32.4. The minimum absolute atomic E-state index is 0.0631. The van der Waals surface area contributed by atoms with E-state index in [2.05, 4.69) is 5.32 Å². The van der Waals surface area contributed by atoms with Gasteiger partial charge in [-0.15, -0.1) is 0 Å². The van der Waals surface area contributed by atoms with Crippen LogP contribution in [0.15, 0.2) is 72.8 Å². The maximum absolute atomic E-state index is 14.2. The number of nitrogens with zero attached hydrogens (tertiary/aromatic N) is 2. The average molecular weight is 600 g/mol. The highest BCUT2D eigenvalue weighted by atomic mass is 35.5. The molecule has 0 aliphatic carbocycles. The Morgan fingerprint density at radius 1 is 1.00 bits per heavy atom. The Balaban J connectivity index is 2.10. The smallest absolute Gasteiger partial charge is 0.244 e. The van der Waals surface area contributed by atoms with Crippen molar-refractivity contribution in [3.05, 3.63) is 94.5 Å². The molecule has 0 bridgehead atoms. The Bertz CT molecular complexity index is 1450. The van der Waals surface area contributed by atoms with Gasteiger partial charge in [0.25, 0.3) is 0 Å². The molecule has 1 N–H and O–H groups in total. The number of sulfonamides is 1. The lowest BCUT2D eigenvalue weighted by Crippen LogP contribution is -2.54. The molecule has 8 nitrogen and oxygen atoms in total. The molecule has 0 saturated heterocycles. The number of rotatable bonds is 13. The normalized spacial score (nSPS) is 12.7. The molecule has 2 amide bonds. The van der Waals surface area contributed by atoms with Crippen LogP contribution in [-0.2, 0) is 32.6 Å². The Hall–Kier alpha value is -3.56. The van der Waals surface area contributed by atoms with Gasteiger partial charge in [-0.25, -0.2) is 8.42 Å². The molecule has 0 unspecified atom stereocenters. The van der Waals surface area contributed by atoms with E-state index in [4.69, 9.17) is 16.3 Å². The van der Waals surface area contributed by atoms with Crippen molar-refractivity contribution in [1.29, 1.82) is 0 Å². The summed E-state index contributed by atoms with van der Waals surface area (Å²) in [6.07, 6.45) is 2.00. The van der Waals surface area contributed by atoms with Crippen LogP contribution in [0, 0.1) is 6.92 Å². The number of hydrogen-bond donors (Lipinski definition) is 1. The van der Waals surface area contributed by atoms with Gasteiger partial charge in [0.15, 0.2) is 0 Å². The predicted octanol–water partition coefficient (Wildman–Crippen LogP) is 4.98. The van der Waals surface area contributed by atoms with Gasteiger partial charge in [-0.3, -0.25) is 13.9 Å². The van der Waals surface area contributed by atoms with Crippen LogP contribution in [0.1, 0.15) is 37.0 Å². The second-order valence-electron chi connectivity index (χ2n) is 10.1. The molecule has 3 rings (SSSR count). The van der Waals surface area contributed by atoms with E-state index in [9.17, 15) is 18.0 Å². The van der Waals surface area contributed by atoms with E-state index in [1.165, 1.54) is 4.90 Å². The zero-order chi connectivity index (χ0) is 30.2. The first kappa shape index (κ1) is 32.0. The van der Waals surface area contributed by atoms with Crippen molar-refractivity contribution < 1.29 is 22.7 Å². The Morgan fingerprint density at radius 3 is 2.29 bits per heavy atom. The molecule has 41 heavy (non-hydrogen) atoms. The molecule has 0 aromatic heterocycles. The van der Waals surface area contributed by atoms with E-state index in [1.807, 2.05) is 50.2 Å². The third-order valence-electron chi connectivity index (χ3n) is 6.95. The molecule has 0 aliphatic rings. The maximum Gasteiger partial charge on any atom is 0.244 e. The second kappa shape index (κ2) is 14.4. The third-order valence-corrected chi connectivity index (χ3v) is 8.48. The van der Waals surface area contributed by atoms with Crippen molar-refractivity contribution in [1.82, 2.24) is 10.2 Å². The average Bonchev–Trinajstić information content (AvgIpc) is 2.95. The standard InChI is InChI=1S/C31H38ClN3O5S/c1-6-22(2)33-31(37)29(19-24-12-8-7-9-13-24)34(20-25-14-10-15-26(18-25)40-4)30(36)21-35(41(5,38)39)28-17-11-16-27(32)23(28)3/h7-18,22,29H,6,19-21H2,1-5H3,(H,33,37)/t22-,29+/m0/s1. The summed E-state index contributed by atoms with van der Waals surface area (Å²) in [5, 5.41) is 3.40. The molecule has 0 aliphatic heterocycles. The third kappa shape index (κ3) is 8.71. The van der Waals surface area contributed by atoms with Crippen LogP contribution < -0.4 is 14.4 Å². The van der Waals surface area contributed by atoms with Gasteiger partial charge in [-0.1, -0.05) is 67.1 Å². The number of benzene rings is 3. The minimum atomic E-state index is -3.89. The number of methoxy groups -OCH3 is 1. The molecule has 0 spiro atoms. The number of carbonyl (C=O) groups excluding carboxylic acids is 2. The fourth-order valence-corrected chi connectivity index (χ4v) is 5.49. The first-order valence-electron chi connectivity index (χ1n) is 13.4. The van der Waals surface area contributed by atoms with Crippen molar-refractivity contribution in [2.24, 2.45) is 0 Å². The molecular formula is C31H38ClN3O5S. The molecule has 220 valence electrons. The first-order chi connectivity index (χ1) is 19.4. The lowest BCUT2D eigenvalue weighted by Gasteiger charge is -2.34. The van der Waals surface area contributed by atoms with E-state index in [1.54, 1.807) is 50.4 Å². The lowest BCUT2D eigenvalue weighted by molar-refractivity contribution is -0.140. The SMILES string of the molecule is CC[C@H](C)NC(=O)[C@@H](Cc1ccccc1)N(Cc1cccc(OC)c1)C(=O)CN(c1cccc(Cl)c1C)S(C)(=O)=O. The van der Waals surface area contributed by atoms with Gasteiger partial charge < -0.3 is 15.0 Å². The Kier molecular flexibility index (Phi) is 11.2. The molecule has 0 radical (unpaired) electrons. The monoisotopic (exact) mass is 599 g/mol. The number of anilines is 1. The lowest BCUT2D eigenvalue weighted by atomic mass is 10.0. The van der Waals surface area contributed by atoms with Gasteiger partial charge in [0.2, 0.25) is 21.8 Å². The predicted molar refractivity (Wildman–Crippen MR) is 164 cm³/mol. The van der Waals surface area contributed by atoms with E-state index in [0.717, 1.165) is 21.7 Å². The van der Waals surface area contributed by atoms with Crippen molar-refractivity contribution in [3.63, 3.8) is 0 Å². The summed E-state index contributed by atoms with van der Waals surface area (Å²) in [7, 11) is -2.34. The number of nitrogens with one attached hydrogen (secondary N) is 1. The van der Waals surface area contributed by atoms with Gasteiger partial charge in [0.05, 0.1) is 19.1 Å². The zero-order valence-electron chi connectivity index (χ0n) is 24.1. The van der Waals surface area contributed by atoms with Gasteiger partial charge in [0.1, 0.15) is 18.3 Å². The summed E-state index contributed by atoms with van der Waals surface area (Å²) >= 11 is 6.31. The van der Waals surface area contributed by atoms with Crippen LogP contribution in [-0.4, -0.2) is 57.1 Å². The Labute approximate surface area is 248 Å². The number of halogens is 1. The number of carbonyl (C=O) groups is 2. The van der Waals surface area contributed by atoms with Crippen LogP contribution in [0.2, 0.25) is 5.02 Å². The van der Waals surface area contributed by atoms with Crippen LogP contribution >= 0.6 is 11.6 Å². The second-order valence-corrected chi connectivity index (χ2v) is 12.4. The highest BCUT2D eigenvalue weighted by Crippen LogP contribution is 2.29. The topological polar surface area (TPSA) is 96.0 Å². The number of hydrogen-bond acceptors (Lipinski definition) is 5. The molecule has 0 fully saturated rings. The van der Waals surface area contributed by atoms with Crippen LogP contribution in [0.3, 0.4) is 0 Å². The highest BCUT2D eigenvalue weighted by molar-refractivity contribution is 7.92. The quantitative estimate of drug-likeness (QED) is 0.299. The minimum Gasteiger partial charge on any atom is -0.497 e. The van der Waals surface area contributed by atoms with Crippen LogP contribution in [0.5, 0.6) is 5.75 Å². The summed E-state index contributed by atoms with van der Waals surface area (Å²) in [6.45, 7) is 5.12. The van der Waals surface area contributed by atoms with Gasteiger partial charge >= 0.3 is 0 Å². The molecule has 3 aromatic carbocycles. The van der Waals surface area contributed by atoms with Gasteiger partial charge in [-0.2, -0.15) is 0 Å². The van der Waals surface area contributed by atoms with Gasteiger partial charge in [0, 0.05) is 24.0 Å². The summed E-state index contributed by atoms with van der Waals surface area (Å²) in [4.78, 5) is 29.4. The summed E-state index contributed by atoms with van der Waals surface area (Å²) in [5.41, 5.74) is 2.43. The van der Waals surface area contributed by atoms with E-state index >= 15 is 0 Å². The van der Waals surface area contributed by atoms with Crippen LogP contribution in [0.25, 0.3) is 0 Å². The van der Waals surface area contributed by atoms with Crippen molar-refractivity contribution in [2.45, 2.75) is 52.2 Å². The molecule has 0 heterocycles. The molecule has 10 heteroatoms. The first-order valence-corrected chi connectivity index (χ1v) is 15.7. The molecule has 3 aromatic rings. The number of amides is 2. The zero-order valence-corrected chi connectivity index (χ0v) is 25.7. The van der Waals surface area contributed by atoms with E-state index in [0.29, 0.717) is 28.4 Å². The van der Waals surface area contributed by atoms with Crippen LogP contribution in [0.4, 0.5) is 5.69 Å². The van der Waals surface area contributed by atoms with Crippen molar-refractivity contribution in [3.8, 4) is 5.75 Å². The van der Waals surface area contributed by atoms with E-state index < -0.39 is 28.5 Å². The fourth-order valence-electron chi connectivity index (χ4n) is 4.42. The molecule has 0 saturated carbocycles. The molecule has 2 atom stereocenters. The summed E-state index contributed by atoms with van der Waals surface area (Å²) in [5.74, 6) is -0.243. The van der Waals surface area contributed by atoms with Crippen molar-refractivity contribution >= 4 is 39.1 Å². The number of ether oxygens (including phenoxy) is 1.